The molecule has 0 radical (unpaired) electrons. The summed E-state index contributed by atoms with van der Waals surface area (Å²) in [5, 5.41) is 13.4. The summed E-state index contributed by atoms with van der Waals surface area (Å²) in [6.07, 6.45) is 1.18. The van der Waals surface area contributed by atoms with Crippen LogP contribution in [0.25, 0.3) is 0 Å². The predicted molar refractivity (Wildman–Crippen MR) is 72.3 cm³/mol. The highest BCUT2D eigenvalue weighted by atomic mass is 16.4. The standard InChI is InChI=1S/C12H19N5O3/c1-2-8-9(13)10(11(14)18)17(15-8)6-7-4-3-5-16(7)12(19)20/h7H,2-6,13H2,1H3,(H2,14,18)(H,19,20)/t7-/m0/s1. The molecule has 0 bridgehead atoms. The van der Waals surface area contributed by atoms with Gasteiger partial charge < -0.3 is 21.5 Å². The van der Waals surface area contributed by atoms with Crippen LogP contribution in [0.1, 0.15) is 35.9 Å². The van der Waals surface area contributed by atoms with Gasteiger partial charge in [0.2, 0.25) is 0 Å². The molecule has 110 valence electrons. The van der Waals surface area contributed by atoms with Gasteiger partial charge in [-0.15, -0.1) is 0 Å². The van der Waals surface area contributed by atoms with Crippen molar-refractivity contribution in [2.75, 3.05) is 12.3 Å². The van der Waals surface area contributed by atoms with Gasteiger partial charge in [-0.2, -0.15) is 5.10 Å². The van der Waals surface area contributed by atoms with Crippen LogP contribution in [-0.2, 0) is 13.0 Å². The molecule has 0 aromatic carbocycles. The van der Waals surface area contributed by atoms with E-state index in [1.807, 2.05) is 6.92 Å². The van der Waals surface area contributed by atoms with E-state index in [-0.39, 0.29) is 11.7 Å². The van der Waals surface area contributed by atoms with Crippen LogP contribution in [0, 0.1) is 0 Å². The fraction of sp³-hybridized carbons (Fsp3) is 0.583. The zero-order valence-electron chi connectivity index (χ0n) is 11.4. The molecule has 2 amide bonds. The lowest BCUT2D eigenvalue weighted by Crippen LogP contribution is -2.38. The van der Waals surface area contributed by atoms with Crippen LogP contribution in [0.15, 0.2) is 0 Å². The highest BCUT2D eigenvalue weighted by molar-refractivity contribution is 5.96. The number of anilines is 1. The third kappa shape index (κ3) is 2.40. The Morgan fingerprint density at radius 3 is 2.75 bits per heavy atom. The first-order valence-corrected chi connectivity index (χ1v) is 6.60. The number of rotatable bonds is 4. The van der Waals surface area contributed by atoms with E-state index in [0.717, 1.165) is 12.8 Å². The van der Waals surface area contributed by atoms with Crippen LogP contribution >= 0.6 is 0 Å². The number of amides is 2. The van der Waals surface area contributed by atoms with Gasteiger partial charge in [-0.25, -0.2) is 4.79 Å². The number of hydrogen-bond donors (Lipinski definition) is 3. The Labute approximate surface area is 116 Å². The number of carbonyl (C=O) groups is 2. The van der Waals surface area contributed by atoms with E-state index in [2.05, 4.69) is 5.10 Å². The van der Waals surface area contributed by atoms with E-state index in [4.69, 9.17) is 16.6 Å². The molecule has 5 N–H and O–H groups in total. The van der Waals surface area contributed by atoms with Crippen LogP contribution in [0.2, 0.25) is 0 Å². The summed E-state index contributed by atoms with van der Waals surface area (Å²) in [7, 11) is 0. The summed E-state index contributed by atoms with van der Waals surface area (Å²) in [6, 6.07) is -0.199. The Hall–Kier alpha value is -2.25. The summed E-state index contributed by atoms with van der Waals surface area (Å²) in [5.41, 5.74) is 12.3. The van der Waals surface area contributed by atoms with Crippen molar-refractivity contribution in [3.8, 4) is 0 Å². The Morgan fingerprint density at radius 1 is 1.50 bits per heavy atom. The molecule has 20 heavy (non-hydrogen) atoms. The maximum absolute atomic E-state index is 11.5. The highest BCUT2D eigenvalue weighted by Crippen LogP contribution is 2.22. The second-order valence-electron chi connectivity index (χ2n) is 4.88. The first-order chi connectivity index (χ1) is 9.45. The molecule has 0 aliphatic carbocycles. The first kappa shape index (κ1) is 14.2. The number of aromatic nitrogens is 2. The third-order valence-electron chi connectivity index (χ3n) is 3.64. The summed E-state index contributed by atoms with van der Waals surface area (Å²) >= 11 is 0. The van der Waals surface area contributed by atoms with Crippen LogP contribution < -0.4 is 11.5 Å². The predicted octanol–water partition coefficient (Wildman–Crippen LogP) is 0.269. The van der Waals surface area contributed by atoms with Gasteiger partial charge in [0, 0.05) is 6.54 Å². The number of primary amides is 1. The third-order valence-corrected chi connectivity index (χ3v) is 3.64. The molecule has 0 unspecified atom stereocenters. The molecule has 1 saturated heterocycles. The number of nitrogen functional groups attached to an aromatic ring is 1. The van der Waals surface area contributed by atoms with Crippen molar-refractivity contribution in [1.82, 2.24) is 14.7 Å². The molecule has 1 aromatic rings. The SMILES string of the molecule is CCc1nn(C[C@@H]2CCCN2C(=O)O)c(C(N)=O)c1N. The normalized spacial score (nSPS) is 18.4. The van der Waals surface area contributed by atoms with Crippen LogP contribution in [-0.4, -0.2) is 44.4 Å². The van der Waals surface area contributed by atoms with Gasteiger partial charge in [0.25, 0.3) is 5.91 Å². The first-order valence-electron chi connectivity index (χ1n) is 6.60. The Morgan fingerprint density at radius 2 is 2.20 bits per heavy atom. The van der Waals surface area contributed by atoms with E-state index in [9.17, 15) is 9.59 Å². The van der Waals surface area contributed by atoms with E-state index < -0.39 is 12.0 Å². The van der Waals surface area contributed by atoms with Crippen LogP contribution in [0.4, 0.5) is 10.5 Å². The molecule has 1 aliphatic rings. The molecule has 1 fully saturated rings. The van der Waals surface area contributed by atoms with Crippen molar-refractivity contribution in [3.05, 3.63) is 11.4 Å². The lowest BCUT2D eigenvalue weighted by molar-refractivity contribution is 0.0988. The molecule has 0 spiro atoms. The van der Waals surface area contributed by atoms with Crippen LogP contribution in [0.3, 0.4) is 0 Å². The van der Waals surface area contributed by atoms with Gasteiger partial charge in [0.1, 0.15) is 5.69 Å². The molecule has 1 atom stereocenters. The van der Waals surface area contributed by atoms with E-state index in [0.29, 0.717) is 30.9 Å². The Balaban J connectivity index is 2.29. The molecule has 2 heterocycles. The van der Waals surface area contributed by atoms with Gasteiger partial charge in [-0.05, 0) is 19.3 Å². The average molecular weight is 281 g/mol. The van der Waals surface area contributed by atoms with Gasteiger partial charge in [0.15, 0.2) is 0 Å². The van der Waals surface area contributed by atoms with E-state index in [1.165, 1.54) is 9.58 Å². The zero-order valence-corrected chi connectivity index (χ0v) is 11.4. The largest absolute Gasteiger partial charge is 0.465 e. The highest BCUT2D eigenvalue weighted by Gasteiger charge is 2.30. The summed E-state index contributed by atoms with van der Waals surface area (Å²) in [4.78, 5) is 24.0. The molecule has 2 rings (SSSR count). The molecule has 1 aromatic heterocycles. The number of carboxylic acid groups (broad SMARTS) is 1. The minimum atomic E-state index is -0.955. The average Bonchev–Trinajstić information content (AvgIpc) is 2.94. The van der Waals surface area contributed by atoms with Gasteiger partial charge in [-0.3, -0.25) is 9.48 Å². The van der Waals surface area contributed by atoms with Crippen molar-refractivity contribution in [1.29, 1.82) is 0 Å². The molecule has 8 heteroatoms. The van der Waals surface area contributed by atoms with E-state index in [1.54, 1.807) is 0 Å². The molecule has 0 saturated carbocycles. The number of aryl methyl sites for hydroxylation is 1. The van der Waals surface area contributed by atoms with Crippen molar-refractivity contribution in [3.63, 3.8) is 0 Å². The summed E-state index contributed by atoms with van der Waals surface area (Å²) in [5.74, 6) is -0.644. The Kier molecular flexibility index (Phi) is 3.82. The van der Waals surface area contributed by atoms with Crippen molar-refractivity contribution in [2.45, 2.75) is 38.8 Å². The second kappa shape index (κ2) is 5.40. The minimum absolute atomic E-state index is 0.166. The lowest BCUT2D eigenvalue weighted by atomic mass is 10.2. The number of likely N-dealkylation sites (tertiary alicyclic amines) is 1. The van der Waals surface area contributed by atoms with E-state index >= 15 is 0 Å². The number of hydrogen-bond acceptors (Lipinski definition) is 4. The van der Waals surface area contributed by atoms with Gasteiger partial charge >= 0.3 is 6.09 Å². The maximum atomic E-state index is 11.5. The fourth-order valence-electron chi connectivity index (χ4n) is 2.66. The summed E-state index contributed by atoms with van der Waals surface area (Å²) < 4.78 is 1.45. The molecule has 1 aliphatic heterocycles. The van der Waals surface area contributed by atoms with Gasteiger partial charge in [-0.1, -0.05) is 6.92 Å². The lowest BCUT2D eigenvalue weighted by Gasteiger charge is -2.21. The van der Waals surface area contributed by atoms with Crippen LogP contribution in [0.5, 0.6) is 0 Å². The van der Waals surface area contributed by atoms with Crippen molar-refractivity contribution >= 4 is 17.7 Å². The van der Waals surface area contributed by atoms with Crippen molar-refractivity contribution in [2.24, 2.45) is 5.73 Å². The topological polar surface area (TPSA) is 127 Å². The summed E-state index contributed by atoms with van der Waals surface area (Å²) in [6.45, 7) is 2.69. The molecule has 8 nitrogen and oxygen atoms in total. The van der Waals surface area contributed by atoms with Crippen molar-refractivity contribution < 1.29 is 14.7 Å². The zero-order chi connectivity index (χ0) is 14.9. The minimum Gasteiger partial charge on any atom is -0.465 e. The van der Waals surface area contributed by atoms with Gasteiger partial charge in [0.05, 0.1) is 24.0 Å². The Bertz CT molecular complexity index is 539. The monoisotopic (exact) mass is 281 g/mol. The number of nitrogens with two attached hydrogens (primary N) is 2. The quantitative estimate of drug-likeness (QED) is 0.729. The molecular weight excluding hydrogens is 262 g/mol. The number of carbonyl (C=O) groups excluding carboxylic acids is 1. The second-order valence-corrected chi connectivity index (χ2v) is 4.88. The molecular formula is C12H19N5O3. The fourth-order valence-corrected chi connectivity index (χ4v) is 2.66. The number of nitrogens with zero attached hydrogens (tertiary/aromatic N) is 3. The smallest absolute Gasteiger partial charge is 0.407 e. The maximum Gasteiger partial charge on any atom is 0.407 e.